The highest BCUT2D eigenvalue weighted by atomic mass is 19.1. The monoisotopic (exact) mass is 279 g/mol. The largest absolute Gasteiger partial charge is 0.481 e. The molecule has 1 unspecified atom stereocenters. The van der Waals surface area contributed by atoms with Crippen molar-refractivity contribution < 1.29 is 14.3 Å². The number of rotatable bonds is 6. The first-order valence-corrected chi connectivity index (χ1v) is 7.28. The molecule has 0 aliphatic heterocycles. The maximum Gasteiger partial charge on any atom is 0.307 e. The van der Waals surface area contributed by atoms with E-state index < -0.39 is 11.9 Å². The standard InChI is InChI=1S/C16H22FNO2/c1-12(16(19)20)10-18(14-7-3-4-8-14)11-13-6-2-5-9-15(13)17/h2,5-6,9,12,14H,3-4,7-8,10-11H2,1H3,(H,19,20). The van der Waals surface area contributed by atoms with Crippen molar-refractivity contribution in [2.45, 2.75) is 45.2 Å². The summed E-state index contributed by atoms with van der Waals surface area (Å²) in [6.45, 7) is 2.69. The molecular weight excluding hydrogens is 257 g/mol. The molecule has 1 atom stereocenters. The molecule has 4 heteroatoms. The van der Waals surface area contributed by atoms with Crippen LogP contribution in [0, 0.1) is 11.7 Å². The highest BCUT2D eigenvalue weighted by Gasteiger charge is 2.26. The second-order valence-electron chi connectivity index (χ2n) is 5.70. The third kappa shape index (κ3) is 3.79. The molecule has 0 aromatic heterocycles. The van der Waals surface area contributed by atoms with Crippen molar-refractivity contribution in [3.63, 3.8) is 0 Å². The number of aliphatic carboxylic acids is 1. The number of carboxylic acids is 1. The van der Waals surface area contributed by atoms with Gasteiger partial charge in [-0.1, -0.05) is 38.0 Å². The van der Waals surface area contributed by atoms with E-state index in [0.717, 1.165) is 12.8 Å². The maximum atomic E-state index is 13.8. The lowest BCUT2D eigenvalue weighted by Gasteiger charge is -2.30. The third-order valence-electron chi connectivity index (χ3n) is 4.10. The topological polar surface area (TPSA) is 40.5 Å². The molecular formula is C16H22FNO2. The van der Waals surface area contributed by atoms with E-state index in [0.29, 0.717) is 24.7 Å². The minimum Gasteiger partial charge on any atom is -0.481 e. The van der Waals surface area contributed by atoms with Gasteiger partial charge in [0.05, 0.1) is 5.92 Å². The Kier molecular flexibility index (Phi) is 5.12. The molecule has 0 amide bonds. The number of carbonyl (C=O) groups is 1. The van der Waals surface area contributed by atoms with Gasteiger partial charge in [-0.15, -0.1) is 0 Å². The van der Waals surface area contributed by atoms with Crippen LogP contribution in [0.2, 0.25) is 0 Å². The van der Waals surface area contributed by atoms with Crippen LogP contribution in [0.3, 0.4) is 0 Å². The van der Waals surface area contributed by atoms with Gasteiger partial charge in [-0.05, 0) is 18.9 Å². The highest BCUT2D eigenvalue weighted by Crippen LogP contribution is 2.26. The lowest BCUT2D eigenvalue weighted by Crippen LogP contribution is -2.38. The van der Waals surface area contributed by atoms with Crippen molar-refractivity contribution in [1.82, 2.24) is 4.90 Å². The van der Waals surface area contributed by atoms with Crippen LogP contribution in [-0.2, 0) is 11.3 Å². The van der Waals surface area contributed by atoms with Gasteiger partial charge in [0, 0.05) is 24.7 Å². The summed E-state index contributed by atoms with van der Waals surface area (Å²) in [5, 5.41) is 9.09. The molecule has 1 aliphatic rings. The Morgan fingerprint density at radius 2 is 2.05 bits per heavy atom. The van der Waals surface area contributed by atoms with Gasteiger partial charge in [-0.3, -0.25) is 9.69 Å². The minimum absolute atomic E-state index is 0.210. The Morgan fingerprint density at radius 3 is 2.65 bits per heavy atom. The van der Waals surface area contributed by atoms with E-state index in [4.69, 9.17) is 5.11 Å². The first kappa shape index (κ1) is 15.0. The summed E-state index contributed by atoms with van der Waals surface area (Å²) < 4.78 is 13.8. The molecule has 1 aliphatic carbocycles. The predicted octanol–water partition coefficient (Wildman–Crippen LogP) is 3.29. The SMILES string of the molecule is CC(CN(Cc1ccccc1F)C1CCCC1)C(=O)O. The molecule has 0 heterocycles. The van der Waals surface area contributed by atoms with E-state index in [1.54, 1.807) is 19.1 Å². The van der Waals surface area contributed by atoms with Crippen molar-refractivity contribution in [1.29, 1.82) is 0 Å². The fourth-order valence-electron chi connectivity index (χ4n) is 2.89. The van der Waals surface area contributed by atoms with Gasteiger partial charge < -0.3 is 5.11 Å². The minimum atomic E-state index is -0.790. The fraction of sp³-hybridized carbons (Fsp3) is 0.562. The predicted molar refractivity (Wildman–Crippen MR) is 75.9 cm³/mol. The average Bonchev–Trinajstić information content (AvgIpc) is 2.94. The molecule has 1 saturated carbocycles. The normalized spacial score (nSPS) is 17.6. The van der Waals surface area contributed by atoms with Gasteiger partial charge in [0.25, 0.3) is 0 Å². The molecule has 2 rings (SSSR count). The quantitative estimate of drug-likeness (QED) is 0.868. The van der Waals surface area contributed by atoms with Crippen molar-refractivity contribution >= 4 is 5.97 Å². The van der Waals surface area contributed by atoms with E-state index in [1.165, 1.54) is 18.9 Å². The molecule has 1 aromatic carbocycles. The highest BCUT2D eigenvalue weighted by molar-refractivity contribution is 5.69. The zero-order chi connectivity index (χ0) is 14.5. The summed E-state index contributed by atoms with van der Waals surface area (Å²) in [4.78, 5) is 13.2. The number of halogens is 1. The smallest absolute Gasteiger partial charge is 0.307 e. The average molecular weight is 279 g/mol. The van der Waals surface area contributed by atoms with Crippen LogP contribution in [0.1, 0.15) is 38.2 Å². The van der Waals surface area contributed by atoms with Gasteiger partial charge in [0.2, 0.25) is 0 Å². The fourth-order valence-corrected chi connectivity index (χ4v) is 2.89. The van der Waals surface area contributed by atoms with Gasteiger partial charge >= 0.3 is 5.97 Å². The molecule has 0 radical (unpaired) electrons. The van der Waals surface area contributed by atoms with E-state index in [-0.39, 0.29) is 5.82 Å². The molecule has 20 heavy (non-hydrogen) atoms. The van der Waals surface area contributed by atoms with Gasteiger partial charge in [0.15, 0.2) is 0 Å². The van der Waals surface area contributed by atoms with Crippen LogP contribution in [0.5, 0.6) is 0 Å². The van der Waals surface area contributed by atoms with Crippen molar-refractivity contribution in [2.24, 2.45) is 5.92 Å². The Hall–Kier alpha value is -1.42. The number of carboxylic acid groups (broad SMARTS) is 1. The van der Waals surface area contributed by atoms with E-state index in [1.807, 2.05) is 6.07 Å². The van der Waals surface area contributed by atoms with Crippen molar-refractivity contribution in [3.8, 4) is 0 Å². The number of hydrogen-bond donors (Lipinski definition) is 1. The lowest BCUT2D eigenvalue weighted by molar-refractivity contribution is -0.142. The zero-order valence-electron chi connectivity index (χ0n) is 11.9. The van der Waals surface area contributed by atoms with Crippen molar-refractivity contribution in [3.05, 3.63) is 35.6 Å². The molecule has 1 fully saturated rings. The van der Waals surface area contributed by atoms with E-state index in [2.05, 4.69) is 4.90 Å². The summed E-state index contributed by atoms with van der Waals surface area (Å²) in [7, 11) is 0. The first-order chi connectivity index (χ1) is 9.58. The summed E-state index contributed by atoms with van der Waals surface area (Å²) in [5.74, 6) is -1.43. The van der Waals surface area contributed by atoms with Gasteiger partial charge in [-0.2, -0.15) is 0 Å². The second-order valence-corrected chi connectivity index (χ2v) is 5.70. The number of nitrogens with zero attached hydrogens (tertiary/aromatic N) is 1. The van der Waals surface area contributed by atoms with E-state index >= 15 is 0 Å². The Bertz CT molecular complexity index is 458. The zero-order valence-corrected chi connectivity index (χ0v) is 11.9. The summed E-state index contributed by atoms with van der Waals surface area (Å²) in [6.07, 6.45) is 4.53. The van der Waals surface area contributed by atoms with Crippen molar-refractivity contribution in [2.75, 3.05) is 6.54 Å². The van der Waals surface area contributed by atoms with Gasteiger partial charge in [0.1, 0.15) is 5.82 Å². The summed E-state index contributed by atoms with van der Waals surface area (Å²) in [5.41, 5.74) is 0.650. The second kappa shape index (κ2) is 6.84. The molecule has 0 saturated heterocycles. The van der Waals surface area contributed by atoms with Crippen LogP contribution in [0.25, 0.3) is 0 Å². The van der Waals surface area contributed by atoms with Crippen LogP contribution in [-0.4, -0.2) is 28.6 Å². The first-order valence-electron chi connectivity index (χ1n) is 7.28. The van der Waals surface area contributed by atoms with Crippen LogP contribution in [0.4, 0.5) is 4.39 Å². The summed E-state index contributed by atoms with van der Waals surface area (Å²) >= 11 is 0. The van der Waals surface area contributed by atoms with Crippen LogP contribution < -0.4 is 0 Å². The van der Waals surface area contributed by atoms with Crippen LogP contribution >= 0.6 is 0 Å². The molecule has 1 aromatic rings. The molecule has 0 bridgehead atoms. The summed E-state index contributed by atoms with van der Waals surface area (Å²) in [6, 6.07) is 7.13. The molecule has 110 valence electrons. The molecule has 3 nitrogen and oxygen atoms in total. The Morgan fingerprint density at radius 1 is 1.40 bits per heavy atom. The Labute approximate surface area is 119 Å². The number of hydrogen-bond acceptors (Lipinski definition) is 2. The van der Waals surface area contributed by atoms with Crippen LogP contribution in [0.15, 0.2) is 24.3 Å². The molecule has 0 spiro atoms. The van der Waals surface area contributed by atoms with E-state index in [9.17, 15) is 9.18 Å². The molecule has 1 N–H and O–H groups in total. The lowest BCUT2D eigenvalue weighted by atomic mass is 10.1. The van der Waals surface area contributed by atoms with Gasteiger partial charge in [-0.25, -0.2) is 4.39 Å². The Balaban J connectivity index is 2.09. The maximum absolute atomic E-state index is 13.8. The number of benzene rings is 1. The third-order valence-corrected chi connectivity index (χ3v) is 4.10.